The molecule has 0 aliphatic carbocycles. The zero-order chi connectivity index (χ0) is 17.6. The lowest BCUT2D eigenvalue weighted by Crippen LogP contribution is -2.36. The topological polar surface area (TPSA) is 23.6 Å². The molecule has 1 amide bonds. The van der Waals surface area contributed by atoms with Crippen molar-refractivity contribution in [1.82, 2.24) is 9.80 Å². The predicted molar refractivity (Wildman–Crippen MR) is 98.0 cm³/mol. The van der Waals surface area contributed by atoms with Crippen LogP contribution in [0.15, 0.2) is 48.5 Å². The Kier molecular flexibility index (Phi) is 6.05. The SMILES string of the molecule is O=C(Cc1ccc(F)cc1)N1CCCN(Cc2ccc(Cl)cc2)CC1. The smallest absolute Gasteiger partial charge is 0.227 e. The summed E-state index contributed by atoms with van der Waals surface area (Å²) in [6.07, 6.45) is 1.29. The highest BCUT2D eigenvalue weighted by Crippen LogP contribution is 2.14. The number of hydrogen-bond donors (Lipinski definition) is 0. The summed E-state index contributed by atoms with van der Waals surface area (Å²) in [7, 11) is 0. The molecule has 1 saturated heterocycles. The fourth-order valence-corrected chi connectivity index (χ4v) is 3.24. The maximum absolute atomic E-state index is 13.0. The number of hydrogen-bond acceptors (Lipinski definition) is 2. The summed E-state index contributed by atoms with van der Waals surface area (Å²) < 4.78 is 13.0. The van der Waals surface area contributed by atoms with Crippen LogP contribution in [0.25, 0.3) is 0 Å². The van der Waals surface area contributed by atoms with E-state index < -0.39 is 0 Å². The van der Waals surface area contributed by atoms with Gasteiger partial charge in [-0.15, -0.1) is 0 Å². The van der Waals surface area contributed by atoms with Gasteiger partial charge in [0.15, 0.2) is 0 Å². The van der Waals surface area contributed by atoms with Crippen LogP contribution in [0, 0.1) is 5.82 Å². The van der Waals surface area contributed by atoms with Crippen LogP contribution in [0.4, 0.5) is 4.39 Å². The van der Waals surface area contributed by atoms with Crippen LogP contribution in [0.2, 0.25) is 5.02 Å². The standard InChI is InChI=1S/C20H22ClFN2O/c21-18-6-2-17(3-7-18)15-23-10-1-11-24(13-12-23)20(25)14-16-4-8-19(22)9-5-16/h2-9H,1,10-15H2. The van der Waals surface area contributed by atoms with Crippen LogP contribution in [-0.4, -0.2) is 41.9 Å². The molecular formula is C20H22ClFN2O. The molecule has 0 saturated carbocycles. The van der Waals surface area contributed by atoms with E-state index in [1.54, 1.807) is 12.1 Å². The van der Waals surface area contributed by atoms with Crippen LogP contribution in [0.1, 0.15) is 17.5 Å². The number of nitrogens with zero attached hydrogens (tertiary/aromatic N) is 2. The molecule has 3 nitrogen and oxygen atoms in total. The van der Waals surface area contributed by atoms with Crippen LogP contribution in [0.3, 0.4) is 0 Å². The predicted octanol–water partition coefficient (Wildman–Crippen LogP) is 3.76. The fraction of sp³-hybridized carbons (Fsp3) is 0.350. The highest BCUT2D eigenvalue weighted by molar-refractivity contribution is 6.30. The van der Waals surface area contributed by atoms with Crippen molar-refractivity contribution < 1.29 is 9.18 Å². The quantitative estimate of drug-likeness (QED) is 0.829. The van der Waals surface area contributed by atoms with E-state index in [1.807, 2.05) is 29.2 Å². The van der Waals surface area contributed by atoms with Gasteiger partial charge in [-0.1, -0.05) is 35.9 Å². The lowest BCUT2D eigenvalue weighted by molar-refractivity contribution is -0.130. The van der Waals surface area contributed by atoms with Crippen molar-refractivity contribution in [1.29, 1.82) is 0 Å². The first kappa shape index (κ1) is 17.9. The third-order valence-corrected chi connectivity index (χ3v) is 4.78. The van der Waals surface area contributed by atoms with Gasteiger partial charge in [0.2, 0.25) is 5.91 Å². The van der Waals surface area contributed by atoms with Gasteiger partial charge in [0.1, 0.15) is 5.82 Å². The van der Waals surface area contributed by atoms with Crippen LogP contribution in [-0.2, 0) is 17.8 Å². The minimum atomic E-state index is -0.274. The Balaban J connectivity index is 1.52. The molecule has 0 atom stereocenters. The van der Waals surface area contributed by atoms with E-state index in [9.17, 15) is 9.18 Å². The minimum Gasteiger partial charge on any atom is -0.341 e. The Morgan fingerprint density at radius 3 is 2.32 bits per heavy atom. The Labute approximate surface area is 153 Å². The fourth-order valence-electron chi connectivity index (χ4n) is 3.12. The van der Waals surface area contributed by atoms with Crippen molar-refractivity contribution in [3.05, 3.63) is 70.5 Å². The van der Waals surface area contributed by atoms with E-state index in [2.05, 4.69) is 4.90 Å². The molecule has 1 fully saturated rings. The number of carbonyl (C=O) groups is 1. The number of benzene rings is 2. The van der Waals surface area contributed by atoms with Crippen molar-refractivity contribution in [3.63, 3.8) is 0 Å². The summed E-state index contributed by atoms with van der Waals surface area (Å²) >= 11 is 5.93. The van der Waals surface area contributed by atoms with Gasteiger partial charge in [0.05, 0.1) is 6.42 Å². The second kappa shape index (κ2) is 8.45. The van der Waals surface area contributed by atoms with Gasteiger partial charge in [-0.3, -0.25) is 9.69 Å². The second-order valence-corrected chi connectivity index (χ2v) is 6.88. The van der Waals surface area contributed by atoms with Crippen molar-refractivity contribution in [2.45, 2.75) is 19.4 Å². The first-order valence-corrected chi connectivity index (χ1v) is 8.97. The van der Waals surface area contributed by atoms with E-state index in [0.29, 0.717) is 6.42 Å². The molecule has 2 aromatic carbocycles. The molecule has 0 unspecified atom stereocenters. The highest BCUT2D eigenvalue weighted by atomic mass is 35.5. The van der Waals surface area contributed by atoms with Gasteiger partial charge in [-0.05, 0) is 41.8 Å². The van der Waals surface area contributed by atoms with E-state index >= 15 is 0 Å². The van der Waals surface area contributed by atoms with Crippen molar-refractivity contribution >= 4 is 17.5 Å². The summed E-state index contributed by atoms with van der Waals surface area (Å²) in [5.74, 6) is -0.163. The van der Waals surface area contributed by atoms with Gasteiger partial charge >= 0.3 is 0 Å². The summed E-state index contributed by atoms with van der Waals surface area (Å²) in [5.41, 5.74) is 2.09. The van der Waals surface area contributed by atoms with Gasteiger partial charge in [0, 0.05) is 37.7 Å². The Morgan fingerprint density at radius 1 is 0.920 bits per heavy atom. The Hall–Kier alpha value is -1.91. The third-order valence-electron chi connectivity index (χ3n) is 4.53. The summed E-state index contributed by atoms with van der Waals surface area (Å²) in [6, 6.07) is 14.1. The first-order valence-electron chi connectivity index (χ1n) is 8.59. The number of halogens is 2. The first-order chi connectivity index (χ1) is 12.1. The molecule has 2 aromatic rings. The van der Waals surface area contributed by atoms with Crippen molar-refractivity contribution in [2.24, 2.45) is 0 Å². The molecule has 5 heteroatoms. The molecule has 25 heavy (non-hydrogen) atoms. The summed E-state index contributed by atoms with van der Waals surface area (Å²) in [6.45, 7) is 4.21. The largest absolute Gasteiger partial charge is 0.341 e. The Bertz CT molecular complexity index is 703. The van der Waals surface area contributed by atoms with E-state index in [0.717, 1.165) is 49.7 Å². The van der Waals surface area contributed by atoms with E-state index in [4.69, 9.17) is 11.6 Å². The van der Waals surface area contributed by atoms with E-state index in [-0.39, 0.29) is 11.7 Å². The minimum absolute atomic E-state index is 0.111. The molecular weight excluding hydrogens is 339 g/mol. The average Bonchev–Trinajstić information content (AvgIpc) is 2.85. The number of carbonyl (C=O) groups excluding carboxylic acids is 1. The lowest BCUT2D eigenvalue weighted by atomic mass is 10.1. The van der Waals surface area contributed by atoms with Crippen molar-refractivity contribution in [2.75, 3.05) is 26.2 Å². The number of amides is 1. The zero-order valence-electron chi connectivity index (χ0n) is 14.1. The molecule has 3 rings (SSSR count). The van der Waals surface area contributed by atoms with Gasteiger partial charge < -0.3 is 4.90 Å². The Morgan fingerprint density at radius 2 is 1.60 bits per heavy atom. The van der Waals surface area contributed by atoms with Gasteiger partial charge in [-0.25, -0.2) is 4.39 Å². The zero-order valence-corrected chi connectivity index (χ0v) is 14.9. The molecule has 0 N–H and O–H groups in total. The molecule has 1 aliphatic rings. The average molecular weight is 361 g/mol. The van der Waals surface area contributed by atoms with Gasteiger partial charge in [0.25, 0.3) is 0 Å². The molecule has 132 valence electrons. The second-order valence-electron chi connectivity index (χ2n) is 6.44. The maximum Gasteiger partial charge on any atom is 0.227 e. The maximum atomic E-state index is 13.0. The molecule has 0 spiro atoms. The monoisotopic (exact) mass is 360 g/mol. The number of rotatable bonds is 4. The van der Waals surface area contributed by atoms with Crippen LogP contribution in [0.5, 0.6) is 0 Å². The van der Waals surface area contributed by atoms with Crippen LogP contribution < -0.4 is 0 Å². The van der Waals surface area contributed by atoms with Gasteiger partial charge in [-0.2, -0.15) is 0 Å². The highest BCUT2D eigenvalue weighted by Gasteiger charge is 2.19. The molecule has 0 aromatic heterocycles. The third kappa shape index (κ3) is 5.28. The van der Waals surface area contributed by atoms with E-state index in [1.165, 1.54) is 17.7 Å². The summed E-state index contributed by atoms with van der Waals surface area (Å²) in [4.78, 5) is 16.8. The molecule has 1 heterocycles. The normalized spacial score (nSPS) is 15.8. The molecule has 0 bridgehead atoms. The summed E-state index contributed by atoms with van der Waals surface area (Å²) in [5, 5.41) is 0.747. The van der Waals surface area contributed by atoms with Crippen LogP contribution >= 0.6 is 11.6 Å². The lowest BCUT2D eigenvalue weighted by Gasteiger charge is -2.22. The molecule has 1 aliphatic heterocycles. The van der Waals surface area contributed by atoms with Crippen molar-refractivity contribution in [3.8, 4) is 0 Å². The molecule has 0 radical (unpaired) electrons.